The van der Waals surface area contributed by atoms with Crippen LogP contribution in [0.5, 0.6) is 0 Å². The van der Waals surface area contributed by atoms with E-state index in [-0.39, 0.29) is 19.5 Å². The second-order valence-electron chi connectivity index (χ2n) is 7.84. The quantitative estimate of drug-likeness (QED) is 0.580. The molecule has 0 aromatic heterocycles. The lowest BCUT2D eigenvalue weighted by Gasteiger charge is -2.28. The minimum atomic E-state index is -3.98. The van der Waals surface area contributed by atoms with Crippen molar-refractivity contribution in [2.75, 3.05) is 13.1 Å². The highest BCUT2D eigenvalue weighted by atomic mass is 32.2. The van der Waals surface area contributed by atoms with Crippen molar-refractivity contribution in [2.24, 2.45) is 0 Å². The molecule has 5 nitrogen and oxygen atoms in total. The van der Waals surface area contributed by atoms with Gasteiger partial charge in [0.05, 0.1) is 0 Å². The molecule has 0 aliphatic carbocycles. The predicted octanol–water partition coefficient (Wildman–Crippen LogP) is 4.47. The van der Waals surface area contributed by atoms with Crippen molar-refractivity contribution in [3.8, 4) is 11.1 Å². The largest absolute Gasteiger partial charge is 0.480 e. The van der Waals surface area contributed by atoms with Crippen molar-refractivity contribution >= 4 is 21.6 Å². The maximum absolute atomic E-state index is 13.1. The number of hydrogen-bond acceptors (Lipinski definition) is 3. The summed E-state index contributed by atoms with van der Waals surface area (Å²) in [6, 6.07) is 27.2. The minimum absolute atomic E-state index is 0.0491. The third-order valence-electron chi connectivity index (χ3n) is 5.79. The Balaban J connectivity index is 1.48. The summed E-state index contributed by atoms with van der Waals surface area (Å²) < 4.78 is 27.5. The van der Waals surface area contributed by atoms with Gasteiger partial charge in [0.1, 0.15) is 0 Å². The van der Waals surface area contributed by atoms with Gasteiger partial charge in [0.2, 0.25) is 10.0 Å². The van der Waals surface area contributed by atoms with Crippen LogP contribution < -0.4 is 0 Å². The molecule has 0 saturated carbocycles. The zero-order valence-corrected chi connectivity index (χ0v) is 18.4. The number of carbonyl (C=O) groups is 1. The molecule has 0 fully saturated rings. The summed E-state index contributed by atoms with van der Waals surface area (Å²) in [5.41, 5.74) is 5.09. The van der Waals surface area contributed by atoms with Gasteiger partial charge in [-0.15, -0.1) is 0 Å². The molecule has 1 N–H and O–H groups in total. The molecule has 3 aromatic carbocycles. The SMILES string of the molecule is O=C(O)[C@@H](Cc1ccccc1)S(=O)(=O)N1CC=C(c2ccc(-c3ccccc3)cc2)CC1. The maximum Gasteiger partial charge on any atom is 0.323 e. The Morgan fingerprint density at radius 3 is 1.97 bits per heavy atom. The fourth-order valence-electron chi connectivity index (χ4n) is 3.98. The molecule has 1 aliphatic rings. The van der Waals surface area contributed by atoms with E-state index in [0.29, 0.717) is 12.0 Å². The molecule has 32 heavy (non-hydrogen) atoms. The molecule has 0 bridgehead atoms. The van der Waals surface area contributed by atoms with E-state index in [1.807, 2.05) is 42.5 Å². The first-order valence-corrected chi connectivity index (χ1v) is 12.1. The van der Waals surface area contributed by atoms with E-state index in [4.69, 9.17) is 0 Å². The van der Waals surface area contributed by atoms with Crippen LogP contribution in [0.3, 0.4) is 0 Å². The van der Waals surface area contributed by atoms with E-state index in [0.717, 1.165) is 22.3 Å². The summed E-state index contributed by atoms with van der Waals surface area (Å²) in [7, 11) is -3.98. The van der Waals surface area contributed by atoms with Crippen molar-refractivity contribution in [3.05, 3.63) is 102 Å². The van der Waals surface area contributed by atoms with Crippen LogP contribution in [0.1, 0.15) is 17.5 Å². The molecule has 0 unspecified atom stereocenters. The van der Waals surface area contributed by atoms with Crippen LogP contribution in [-0.4, -0.2) is 42.1 Å². The molecule has 1 heterocycles. The van der Waals surface area contributed by atoms with Gasteiger partial charge in [0.15, 0.2) is 5.25 Å². The Kier molecular flexibility index (Phi) is 6.53. The van der Waals surface area contributed by atoms with Crippen molar-refractivity contribution in [1.82, 2.24) is 4.31 Å². The predicted molar refractivity (Wildman–Crippen MR) is 127 cm³/mol. The molecule has 0 saturated heterocycles. The Morgan fingerprint density at radius 2 is 1.41 bits per heavy atom. The Labute approximate surface area is 188 Å². The van der Waals surface area contributed by atoms with E-state index in [2.05, 4.69) is 24.3 Å². The highest BCUT2D eigenvalue weighted by molar-refractivity contribution is 7.90. The normalized spacial score (nSPS) is 15.7. The van der Waals surface area contributed by atoms with E-state index >= 15 is 0 Å². The Morgan fingerprint density at radius 1 is 0.844 bits per heavy atom. The first kappa shape index (κ1) is 22.0. The average molecular weight is 448 g/mol. The Bertz CT molecular complexity index is 1200. The van der Waals surface area contributed by atoms with Crippen LogP contribution in [0.4, 0.5) is 0 Å². The van der Waals surface area contributed by atoms with Crippen molar-refractivity contribution in [2.45, 2.75) is 18.1 Å². The Hall–Kier alpha value is -3.22. The molecule has 1 aliphatic heterocycles. The van der Waals surface area contributed by atoms with Gasteiger partial charge in [0.25, 0.3) is 0 Å². The van der Waals surface area contributed by atoms with E-state index in [1.165, 1.54) is 4.31 Å². The third kappa shape index (κ3) is 4.82. The second-order valence-corrected chi connectivity index (χ2v) is 9.96. The van der Waals surface area contributed by atoms with E-state index in [1.54, 1.807) is 24.3 Å². The fraction of sp³-hybridized carbons (Fsp3) is 0.192. The lowest BCUT2D eigenvalue weighted by molar-refractivity contribution is -0.136. The first-order valence-electron chi connectivity index (χ1n) is 10.6. The molecule has 0 radical (unpaired) electrons. The van der Waals surface area contributed by atoms with Gasteiger partial charge in [0, 0.05) is 19.5 Å². The van der Waals surface area contributed by atoms with Crippen LogP contribution in [0.25, 0.3) is 16.7 Å². The smallest absolute Gasteiger partial charge is 0.323 e. The number of aliphatic carboxylic acids is 1. The van der Waals surface area contributed by atoms with Gasteiger partial charge in [-0.2, -0.15) is 4.31 Å². The maximum atomic E-state index is 13.1. The number of carboxylic acids is 1. The summed E-state index contributed by atoms with van der Waals surface area (Å²) in [4.78, 5) is 11.8. The summed E-state index contributed by atoms with van der Waals surface area (Å²) >= 11 is 0. The third-order valence-corrected chi connectivity index (χ3v) is 7.93. The summed E-state index contributed by atoms with van der Waals surface area (Å²) in [6.07, 6.45) is 2.38. The lowest BCUT2D eigenvalue weighted by Crippen LogP contribution is -2.45. The summed E-state index contributed by atoms with van der Waals surface area (Å²) in [5.74, 6) is -1.32. The van der Waals surface area contributed by atoms with Gasteiger partial charge in [-0.25, -0.2) is 8.42 Å². The molecular weight excluding hydrogens is 422 g/mol. The molecule has 1 atom stereocenters. The van der Waals surface area contributed by atoms with Crippen LogP contribution in [-0.2, 0) is 21.2 Å². The molecule has 164 valence electrons. The van der Waals surface area contributed by atoms with Gasteiger partial charge >= 0.3 is 5.97 Å². The minimum Gasteiger partial charge on any atom is -0.480 e. The monoisotopic (exact) mass is 447 g/mol. The fourth-order valence-corrected chi connectivity index (χ4v) is 5.63. The van der Waals surface area contributed by atoms with Gasteiger partial charge in [-0.1, -0.05) is 91.0 Å². The topological polar surface area (TPSA) is 74.7 Å². The van der Waals surface area contributed by atoms with Crippen molar-refractivity contribution in [1.29, 1.82) is 0 Å². The number of hydrogen-bond donors (Lipinski definition) is 1. The average Bonchev–Trinajstić information content (AvgIpc) is 2.84. The number of sulfonamides is 1. The molecule has 0 amide bonds. The second kappa shape index (κ2) is 9.51. The highest BCUT2D eigenvalue weighted by Gasteiger charge is 2.38. The van der Waals surface area contributed by atoms with E-state index in [9.17, 15) is 18.3 Å². The molecule has 6 heteroatoms. The first-order chi connectivity index (χ1) is 15.4. The van der Waals surface area contributed by atoms with Gasteiger partial charge in [-0.05, 0) is 34.2 Å². The van der Waals surface area contributed by atoms with Crippen molar-refractivity contribution < 1.29 is 18.3 Å². The molecular formula is C26H25NO4S. The zero-order valence-electron chi connectivity index (χ0n) is 17.6. The van der Waals surface area contributed by atoms with Gasteiger partial charge in [-0.3, -0.25) is 4.79 Å². The summed E-state index contributed by atoms with van der Waals surface area (Å²) in [6.45, 7) is 0.448. The number of benzene rings is 3. The zero-order chi connectivity index (χ0) is 22.6. The standard InChI is InChI=1S/C26H25NO4S/c28-26(29)25(19-20-7-3-1-4-8-20)32(30,31)27-17-15-24(16-18-27)23-13-11-22(12-14-23)21-9-5-2-6-10-21/h1-15,25H,16-19H2,(H,28,29)/t25-/m1/s1. The summed E-state index contributed by atoms with van der Waals surface area (Å²) in [5, 5.41) is 8.13. The van der Waals surface area contributed by atoms with Crippen molar-refractivity contribution in [3.63, 3.8) is 0 Å². The van der Waals surface area contributed by atoms with E-state index < -0.39 is 21.2 Å². The number of rotatable bonds is 7. The highest BCUT2D eigenvalue weighted by Crippen LogP contribution is 2.28. The lowest BCUT2D eigenvalue weighted by atomic mass is 9.97. The number of carboxylic acid groups (broad SMARTS) is 1. The molecule has 3 aromatic rings. The molecule has 4 rings (SSSR count). The molecule has 0 spiro atoms. The van der Waals surface area contributed by atoms with Gasteiger partial charge < -0.3 is 5.11 Å². The number of nitrogens with zero attached hydrogens (tertiary/aromatic N) is 1. The van der Waals surface area contributed by atoms with Crippen LogP contribution in [0, 0.1) is 0 Å². The van der Waals surface area contributed by atoms with Crippen LogP contribution in [0.2, 0.25) is 0 Å². The van der Waals surface area contributed by atoms with Crippen LogP contribution >= 0.6 is 0 Å². The van der Waals surface area contributed by atoms with Crippen LogP contribution in [0.15, 0.2) is 91.0 Å².